The number of rotatable bonds is 1. The lowest BCUT2D eigenvalue weighted by Gasteiger charge is -2.30. The lowest BCUT2D eigenvalue weighted by molar-refractivity contribution is 0.234. The van der Waals surface area contributed by atoms with Crippen molar-refractivity contribution in [2.24, 2.45) is 0 Å². The second kappa shape index (κ2) is 3.90. The molecule has 0 aromatic carbocycles. The van der Waals surface area contributed by atoms with E-state index >= 15 is 0 Å². The third-order valence-corrected chi connectivity index (χ3v) is 3.60. The van der Waals surface area contributed by atoms with Crippen LogP contribution in [0.25, 0.3) is 0 Å². The van der Waals surface area contributed by atoms with Gasteiger partial charge in [-0.05, 0) is 39.8 Å². The summed E-state index contributed by atoms with van der Waals surface area (Å²) in [7, 11) is 4.39. The van der Waals surface area contributed by atoms with Gasteiger partial charge in [0, 0.05) is 9.97 Å². The van der Waals surface area contributed by atoms with Crippen LogP contribution in [0, 0.1) is 0 Å². The highest BCUT2D eigenvalue weighted by atomic mass is 127. The lowest BCUT2D eigenvalue weighted by Crippen LogP contribution is -2.32. The number of alkyl halides is 1. The Kier molecular flexibility index (Phi) is 3.43. The zero-order valence-corrected chi connectivity index (χ0v) is 8.97. The monoisotopic (exact) mass is 253 g/mol. The third-order valence-electron chi connectivity index (χ3n) is 2.36. The van der Waals surface area contributed by atoms with E-state index in [-0.39, 0.29) is 0 Å². The van der Waals surface area contributed by atoms with E-state index < -0.39 is 0 Å². The molecule has 0 N–H and O–H groups in total. The van der Waals surface area contributed by atoms with E-state index in [4.69, 9.17) is 0 Å². The topological polar surface area (TPSA) is 3.24 Å². The van der Waals surface area contributed by atoms with Gasteiger partial charge in [-0.25, -0.2) is 0 Å². The SMILES string of the molecule is CN(C)[C@H]1CC[C@H](I)CC1. The minimum atomic E-state index is 0.867. The van der Waals surface area contributed by atoms with Crippen LogP contribution < -0.4 is 0 Å². The normalized spacial score (nSPS) is 34.8. The first kappa shape index (κ1) is 8.78. The van der Waals surface area contributed by atoms with Crippen molar-refractivity contribution in [1.82, 2.24) is 4.90 Å². The van der Waals surface area contributed by atoms with Crippen molar-refractivity contribution in [3.63, 3.8) is 0 Å². The molecule has 0 bridgehead atoms. The first-order valence-corrected chi connectivity index (χ1v) is 5.25. The molecule has 1 aliphatic rings. The molecular weight excluding hydrogens is 237 g/mol. The van der Waals surface area contributed by atoms with E-state index in [0.717, 1.165) is 9.97 Å². The molecule has 1 nitrogen and oxygen atoms in total. The summed E-state index contributed by atoms with van der Waals surface area (Å²) < 4.78 is 0.953. The van der Waals surface area contributed by atoms with Crippen molar-refractivity contribution in [2.45, 2.75) is 35.6 Å². The maximum atomic E-state index is 2.57. The summed E-state index contributed by atoms with van der Waals surface area (Å²) in [5.74, 6) is 0. The van der Waals surface area contributed by atoms with Crippen LogP contribution in [0.1, 0.15) is 25.7 Å². The maximum Gasteiger partial charge on any atom is 0.0111 e. The Bertz CT molecular complexity index is 95.4. The summed E-state index contributed by atoms with van der Waals surface area (Å²) in [6.07, 6.45) is 5.65. The molecule has 10 heavy (non-hydrogen) atoms. The minimum Gasteiger partial charge on any atom is -0.306 e. The first-order valence-electron chi connectivity index (χ1n) is 4.00. The Labute approximate surface area is 77.3 Å². The van der Waals surface area contributed by atoms with Crippen LogP contribution in [-0.4, -0.2) is 29.0 Å². The summed E-state index contributed by atoms with van der Waals surface area (Å²) in [6.45, 7) is 0. The van der Waals surface area contributed by atoms with E-state index in [0.29, 0.717) is 0 Å². The molecule has 1 saturated carbocycles. The van der Waals surface area contributed by atoms with Gasteiger partial charge in [0.05, 0.1) is 0 Å². The fourth-order valence-electron chi connectivity index (χ4n) is 1.55. The van der Waals surface area contributed by atoms with Gasteiger partial charge < -0.3 is 4.90 Å². The van der Waals surface area contributed by atoms with Gasteiger partial charge in [-0.1, -0.05) is 22.6 Å². The van der Waals surface area contributed by atoms with Crippen LogP contribution in [-0.2, 0) is 0 Å². The Morgan fingerprint density at radius 2 is 1.60 bits per heavy atom. The van der Waals surface area contributed by atoms with Gasteiger partial charge in [0.15, 0.2) is 0 Å². The van der Waals surface area contributed by atoms with Crippen LogP contribution in [0.5, 0.6) is 0 Å². The molecule has 0 aromatic rings. The number of hydrogen-bond donors (Lipinski definition) is 0. The fourth-order valence-corrected chi connectivity index (χ4v) is 2.27. The average Bonchev–Trinajstić information content (AvgIpc) is 1.88. The number of halogens is 1. The number of hydrogen-bond acceptors (Lipinski definition) is 1. The summed E-state index contributed by atoms with van der Waals surface area (Å²) in [4.78, 5) is 2.36. The maximum absolute atomic E-state index is 2.57. The molecular formula is C8H16IN. The van der Waals surface area contributed by atoms with Gasteiger partial charge in [0.1, 0.15) is 0 Å². The Balaban J connectivity index is 2.26. The van der Waals surface area contributed by atoms with Gasteiger partial charge in [-0.15, -0.1) is 0 Å². The van der Waals surface area contributed by atoms with E-state index in [1.807, 2.05) is 0 Å². The average molecular weight is 253 g/mol. The molecule has 1 fully saturated rings. The highest BCUT2D eigenvalue weighted by Crippen LogP contribution is 2.26. The Hall–Kier alpha value is 0.690. The molecule has 1 rings (SSSR count). The fraction of sp³-hybridized carbons (Fsp3) is 1.00. The zero-order chi connectivity index (χ0) is 7.56. The molecule has 60 valence electrons. The van der Waals surface area contributed by atoms with Crippen molar-refractivity contribution >= 4 is 22.6 Å². The molecule has 0 radical (unpaired) electrons. The lowest BCUT2D eigenvalue weighted by atomic mass is 9.95. The van der Waals surface area contributed by atoms with Crippen LogP contribution in [0.3, 0.4) is 0 Å². The Morgan fingerprint density at radius 3 is 2.00 bits per heavy atom. The van der Waals surface area contributed by atoms with E-state index in [1.165, 1.54) is 25.7 Å². The minimum absolute atomic E-state index is 0.867. The van der Waals surface area contributed by atoms with Gasteiger partial charge in [0.2, 0.25) is 0 Å². The summed E-state index contributed by atoms with van der Waals surface area (Å²) >= 11 is 2.57. The highest BCUT2D eigenvalue weighted by molar-refractivity contribution is 14.1. The van der Waals surface area contributed by atoms with E-state index in [1.54, 1.807) is 0 Å². The molecule has 0 aliphatic heterocycles. The number of nitrogens with zero attached hydrogens (tertiary/aromatic N) is 1. The zero-order valence-electron chi connectivity index (χ0n) is 6.81. The van der Waals surface area contributed by atoms with Crippen molar-refractivity contribution in [3.05, 3.63) is 0 Å². The van der Waals surface area contributed by atoms with Crippen LogP contribution in [0.2, 0.25) is 0 Å². The molecule has 0 aromatic heterocycles. The quantitative estimate of drug-likeness (QED) is 0.512. The molecule has 0 spiro atoms. The molecule has 0 heterocycles. The molecule has 0 amide bonds. The Morgan fingerprint density at radius 1 is 1.10 bits per heavy atom. The van der Waals surface area contributed by atoms with Crippen molar-refractivity contribution in [3.8, 4) is 0 Å². The van der Waals surface area contributed by atoms with Gasteiger partial charge in [-0.2, -0.15) is 0 Å². The molecule has 0 atom stereocenters. The first-order chi connectivity index (χ1) is 4.70. The second-order valence-corrected chi connectivity index (χ2v) is 5.13. The molecule has 0 saturated heterocycles. The standard InChI is InChI=1S/C8H16IN/c1-10(2)8-5-3-7(9)4-6-8/h7-8H,3-6H2,1-2H3/t7-,8-. The third kappa shape index (κ3) is 2.38. The van der Waals surface area contributed by atoms with Crippen molar-refractivity contribution in [2.75, 3.05) is 14.1 Å². The van der Waals surface area contributed by atoms with Crippen LogP contribution in [0.4, 0.5) is 0 Å². The summed E-state index contributed by atoms with van der Waals surface area (Å²) in [5.41, 5.74) is 0. The predicted octanol–water partition coefficient (Wildman–Crippen LogP) is 2.29. The van der Waals surface area contributed by atoms with Crippen molar-refractivity contribution < 1.29 is 0 Å². The summed E-state index contributed by atoms with van der Waals surface area (Å²) in [6, 6.07) is 0.867. The van der Waals surface area contributed by atoms with Crippen molar-refractivity contribution in [1.29, 1.82) is 0 Å². The molecule has 1 aliphatic carbocycles. The molecule has 2 heteroatoms. The summed E-state index contributed by atoms with van der Waals surface area (Å²) in [5, 5.41) is 0. The molecule has 0 unspecified atom stereocenters. The van der Waals surface area contributed by atoms with Crippen LogP contribution >= 0.6 is 22.6 Å². The largest absolute Gasteiger partial charge is 0.306 e. The van der Waals surface area contributed by atoms with Gasteiger partial charge in [0.25, 0.3) is 0 Å². The van der Waals surface area contributed by atoms with Gasteiger partial charge >= 0.3 is 0 Å². The van der Waals surface area contributed by atoms with Gasteiger partial charge in [-0.3, -0.25) is 0 Å². The van der Waals surface area contributed by atoms with E-state index in [9.17, 15) is 0 Å². The highest BCUT2D eigenvalue weighted by Gasteiger charge is 2.19. The predicted molar refractivity (Wildman–Crippen MR) is 53.8 cm³/mol. The van der Waals surface area contributed by atoms with E-state index in [2.05, 4.69) is 41.6 Å². The van der Waals surface area contributed by atoms with Crippen LogP contribution in [0.15, 0.2) is 0 Å². The smallest absolute Gasteiger partial charge is 0.0111 e. The second-order valence-electron chi connectivity index (χ2n) is 3.37.